The molecule has 0 saturated carbocycles. The Kier molecular flexibility index (Phi) is 6.79. The Morgan fingerprint density at radius 3 is 2.31 bits per heavy atom. The number of anilines is 2. The maximum absolute atomic E-state index is 12.3. The molecule has 1 heterocycles. The Labute approximate surface area is 180 Å². The van der Waals surface area contributed by atoms with E-state index in [4.69, 9.17) is 4.74 Å². The van der Waals surface area contributed by atoms with E-state index >= 15 is 0 Å². The summed E-state index contributed by atoms with van der Waals surface area (Å²) < 4.78 is 6.55. The van der Waals surface area contributed by atoms with Gasteiger partial charge in [0.1, 0.15) is 5.75 Å². The molecular formula is C22H26BrN3O3. The van der Waals surface area contributed by atoms with E-state index in [1.54, 1.807) is 6.92 Å². The number of carbonyl (C=O) groups excluding carboxylic acids is 2. The molecule has 6 nitrogen and oxygen atoms in total. The molecule has 2 aromatic carbocycles. The Morgan fingerprint density at radius 2 is 1.72 bits per heavy atom. The number of carbonyl (C=O) groups is 2. The van der Waals surface area contributed by atoms with Gasteiger partial charge in [-0.3, -0.25) is 9.59 Å². The lowest BCUT2D eigenvalue weighted by molar-refractivity contribution is -0.129. The largest absolute Gasteiger partial charge is 0.482 e. The second kappa shape index (κ2) is 9.31. The van der Waals surface area contributed by atoms with Gasteiger partial charge < -0.3 is 19.9 Å². The molecule has 0 radical (unpaired) electrons. The minimum atomic E-state index is -0.209. The molecule has 1 aliphatic heterocycles. The summed E-state index contributed by atoms with van der Waals surface area (Å²) in [5, 5.41) is 2.86. The van der Waals surface area contributed by atoms with Gasteiger partial charge in [-0.25, -0.2) is 0 Å². The van der Waals surface area contributed by atoms with Crippen LogP contribution in [0.3, 0.4) is 0 Å². The number of hydrogen-bond acceptors (Lipinski definition) is 4. The van der Waals surface area contributed by atoms with Crippen LogP contribution in [0.4, 0.5) is 11.4 Å². The lowest BCUT2D eigenvalue weighted by Gasteiger charge is -2.35. The van der Waals surface area contributed by atoms with E-state index in [2.05, 4.69) is 26.1 Å². The predicted molar refractivity (Wildman–Crippen MR) is 119 cm³/mol. The molecule has 0 unspecified atom stereocenters. The molecule has 29 heavy (non-hydrogen) atoms. The number of nitrogens with zero attached hydrogens (tertiary/aromatic N) is 2. The van der Waals surface area contributed by atoms with E-state index in [0.717, 1.165) is 53.2 Å². The van der Waals surface area contributed by atoms with Crippen molar-refractivity contribution < 1.29 is 14.3 Å². The average molecular weight is 460 g/mol. The number of rotatable bonds is 5. The van der Waals surface area contributed by atoms with E-state index in [9.17, 15) is 9.59 Å². The van der Waals surface area contributed by atoms with Crippen molar-refractivity contribution in [3.63, 3.8) is 0 Å². The van der Waals surface area contributed by atoms with Gasteiger partial charge in [-0.05, 0) is 71.2 Å². The standard InChI is InChI=1S/C22H26BrN3O3/c1-15-12-16(2)22(20(23)13-15)29-14-21(28)24-18-4-6-19(7-5-18)26-10-8-25(9-11-26)17(3)27/h4-7,12-13H,8-11,14H2,1-3H3,(H,24,28). The lowest BCUT2D eigenvalue weighted by atomic mass is 10.1. The van der Waals surface area contributed by atoms with Crippen molar-refractivity contribution in [1.82, 2.24) is 4.90 Å². The minimum Gasteiger partial charge on any atom is -0.482 e. The molecular weight excluding hydrogens is 434 g/mol. The van der Waals surface area contributed by atoms with Gasteiger partial charge in [0.05, 0.1) is 4.47 Å². The molecule has 1 fully saturated rings. The van der Waals surface area contributed by atoms with Crippen molar-refractivity contribution in [1.29, 1.82) is 0 Å². The molecule has 2 aromatic rings. The summed E-state index contributed by atoms with van der Waals surface area (Å²) in [6, 6.07) is 11.7. The molecule has 2 amide bonds. The monoisotopic (exact) mass is 459 g/mol. The van der Waals surface area contributed by atoms with Gasteiger partial charge in [0.15, 0.2) is 6.61 Å². The number of ether oxygens (including phenoxy) is 1. The Morgan fingerprint density at radius 1 is 1.07 bits per heavy atom. The summed E-state index contributed by atoms with van der Waals surface area (Å²) >= 11 is 3.49. The maximum atomic E-state index is 12.3. The first-order valence-electron chi connectivity index (χ1n) is 9.63. The summed E-state index contributed by atoms with van der Waals surface area (Å²) in [7, 11) is 0. The first-order chi connectivity index (χ1) is 13.8. The highest BCUT2D eigenvalue weighted by Crippen LogP contribution is 2.30. The Balaban J connectivity index is 1.52. The highest BCUT2D eigenvalue weighted by Gasteiger charge is 2.18. The van der Waals surface area contributed by atoms with E-state index in [1.807, 2.05) is 55.1 Å². The summed E-state index contributed by atoms with van der Waals surface area (Å²) in [6.07, 6.45) is 0. The normalized spacial score (nSPS) is 13.9. The van der Waals surface area contributed by atoms with Crippen molar-refractivity contribution in [3.8, 4) is 5.75 Å². The second-order valence-corrected chi connectivity index (χ2v) is 8.12. The zero-order valence-corrected chi connectivity index (χ0v) is 18.6. The zero-order valence-electron chi connectivity index (χ0n) is 17.0. The van der Waals surface area contributed by atoms with Crippen molar-refractivity contribution >= 4 is 39.1 Å². The molecule has 0 atom stereocenters. The fourth-order valence-corrected chi connectivity index (χ4v) is 4.24. The van der Waals surface area contributed by atoms with Crippen LogP contribution in [0, 0.1) is 13.8 Å². The third kappa shape index (κ3) is 5.50. The third-order valence-electron chi connectivity index (χ3n) is 4.96. The fourth-order valence-electron chi connectivity index (χ4n) is 3.46. The summed E-state index contributed by atoms with van der Waals surface area (Å²) in [5.74, 6) is 0.600. The first-order valence-corrected chi connectivity index (χ1v) is 10.4. The van der Waals surface area contributed by atoms with Gasteiger partial charge in [-0.1, -0.05) is 6.07 Å². The van der Waals surface area contributed by atoms with Crippen molar-refractivity contribution in [2.24, 2.45) is 0 Å². The van der Waals surface area contributed by atoms with Crippen LogP contribution in [0.15, 0.2) is 40.9 Å². The van der Waals surface area contributed by atoms with Crippen LogP contribution in [-0.4, -0.2) is 49.5 Å². The number of halogens is 1. The molecule has 1 N–H and O–H groups in total. The number of benzene rings is 2. The van der Waals surface area contributed by atoms with Gasteiger partial charge >= 0.3 is 0 Å². The highest BCUT2D eigenvalue weighted by atomic mass is 79.9. The number of amides is 2. The smallest absolute Gasteiger partial charge is 0.262 e. The van der Waals surface area contributed by atoms with Crippen molar-refractivity contribution in [2.45, 2.75) is 20.8 Å². The van der Waals surface area contributed by atoms with Crippen LogP contribution < -0.4 is 15.0 Å². The van der Waals surface area contributed by atoms with Gasteiger partial charge in [0.25, 0.3) is 5.91 Å². The first kappa shape index (κ1) is 21.2. The molecule has 0 spiro atoms. The summed E-state index contributed by atoms with van der Waals surface area (Å²) in [6.45, 7) is 8.61. The van der Waals surface area contributed by atoms with E-state index < -0.39 is 0 Å². The molecule has 0 aromatic heterocycles. The third-order valence-corrected chi connectivity index (χ3v) is 5.55. The summed E-state index contributed by atoms with van der Waals surface area (Å²) in [5.41, 5.74) is 3.93. The van der Waals surface area contributed by atoms with Crippen molar-refractivity contribution in [2.75, 3.05) is 43.0 Å². The number of aryl methyl sites for hydroxylation is 2. The van der Waals surface area contributed by atoms with Crippen LogP contribution in [-0.2, 0) is 9.59 Å². The van der Waals surface area contributed by atoms with Crippen LogP contribution in [0.1, 0.15) is 18.1 Å². The molecule has 0 aliphatic carbocycles. The molecule has 154 valence electrons. The average Bonchev–Trinajstić information content (AvgIpc) is 2.68. The molecule has 0 bridgehead atoms. The van der Waals surface area contributed by atoms with E-state index in [1.165, 1.54) is 0 Å². The van der Waals surface area contributed by atoms with Gasteiger partial charge in [0, 0.05) is 44.5 Å². The Bertz CT molecular complexity index is 868. The zero-order chi connectivity index (χ0) is 21.0. The topological polar surface area (TPSA) is 61.9 Å². The van der Waals surface area contributed by atoms with Crippen LogP contribution in [0.5, 0.6) is 5.75 Å². The predicted octanol–water partition coefficient (Wildman–Crippen LogP) is 3.75. The highest BCUT2D eigenvalue weighted by molar-refractivity contribution is 9.10. The number of piperazine rings is 1. The summed E-state index contributed by atoms with van der Waals surface area (Å²) in [4.78, 5) is 27.8. The lowest BCUT2D eigenvalue weighted by Crippen LogP contribution is -2.48. The maximum Gasteiger partial charge on any atom is 0.262 e. The van der Waals surface area contributed by atoms with Gasteiger partial charge in [-0.15, -0.1) is 0 Å². The minimum absolute atomic E-state index is 0.0583. The molecule has 1 aliphatic rings. The SMILES string of the molecule is CC(=O)N1CCN(c2ccc(NC(=O)COc3c(C)cc(C)cc3Br)cc2)CC1. The molecule has 1 saturated heterocycles. The van der Waals surface area contributed by atoms with Crippen LogP contribution >= 0.6 is 15.9 Å². The molecule has 7 heteroatoms. The van der Waals surface area contributed by atoms with Gasteiger partial charge in [-0.2, -0.15) is 0 Å². The quantitative estimate of drug-likeness (QED) is 0.739. The second-order valence-electron chi connectivity index (χ2n) is 7.27. The van der Waals surface area contributed by atoms with Crippen LogP contribution in [0.2, 0.25) is 0 Å². The van der Waals surface area contributed by atoms with Crippen molar-refractivity contribution in [3.05, 3.63) is 52.0 Å². The van der Waals surface area contributed by atoms with Crippen LogP contribution in [0.25, 0.3) is 0 Å². The van der Waals surface area contributed by atoms with E-state index in [0.29, 0.717) is 5.75 Å². The van der Waals surface area contributed by atoms with Gasteiger partial charge in [0.2, 0.25) is 5.91 Å². The Hall–Kier alpha value is -2.54. The number of nitrogens with one attached hydrogen (secondary N) is 1. The fraction of sp³-hybridized carbons (Fsp3) is 0.364. The molecule has 3 rings (SSSR count). The number of hydrogen-bond donors (Lipinski definition) is 1. The van der Waals surface area contributed by atoms with E-state index in [-0.39, 0.29) is 18.4 Å².